The van der Waals surface area contributed by atoms with Crippen LogP contribution in [0.25, 0.3) is 0 Å². The Morgan fingerprint density at radius 1 is 1.18 bits per heavy atom. The minimum absolute atomic E-state index is 0.383. The second kappa shape index (κ2) is 3.18. The summed E-state index contributed by atoms with van der Waals surface area (Å²) in [5.41, 5.74) is 0. The SMILES string of the molecule is O=[Si][Si](O)(O)c1ccccc1. The maximum Gasteiger partial charge on any atom is 0.416 e. The molecule has 0 unspecified atom stereocenters. The van der Waals surface area contributed by atoms with Gasteiger partial charge in [-0.1, -0.05) is 30.3 Å². The summed E-state index contributed by atoms with van der Waals surface area (Å²) in [6, 6.07) is 8.27. The monoisotopic (exact) mass is 183 g/mol. The molecule has 0 aliphatic carbocycles. The van der Waals surface area contributed by atoms with E-state index < -0.39 is 17.0 Å². The highest BCUT2D eigenvalue weighted by molar-refractivity contribution is 7.18. The van der Waals surface area contributed by atoms with Crippen molar-refractivity contribution in [3.8, 4) is 0 Å². The van der Waals surface area contributed by atoms with E-state index in [1.807, 2.05) is 0 Å². The fourth-order valence-corrected chi connectivity index (χ4v) is 2.36. The average Bonchev–Trinajstić information content (AvgIpc) is 2.06. The number of hydrogen-bond donors (Lipinski definition) is 2. The maximum atomic E-state index is 10.3. The first kappa shape index (κ1) is 8.47. The summed E-state index contributed by atoms with van der Waals surface area (Å²) in [5, 5.41) is 0.383. The topological polar surface area (TPSA) is 57.5 Å². The molecule has 0 fully saturated rings. The number of hydrogen-bond acceptors (Lipinski definition) is 3. The van der Waals surface area contributed by atoms with Crippen molar-refractivity contribution < 1.29 is 14.1 Å². The molecule has 2 N–H and O–H groups in total. The molecule has 3 nitrogen and oxygen atoms in total. The van der Waals surface area contributed by atoms with Gasteiger partial charge in [-0.25, -0.2) is 0 Å². The second-order valence-electron chi connectivity index (χ2n) is 2.14. The van der Waals surface area contributed by atoms with Crippen molar-refractivity contribution in [2.75, 3.05) is 0 Å². The highest BCUT2D eigenvalue weighted by atomic mass is 29.2. The van der Waals surface area contributed by atoms with E-state index >= 15 is 0 Å². The van der Waals surface area contributed by atoms with Crippen LogP contribution >= 0.6 is 0 Å². The standard InChI is InChI=1S/C6H7O3Si2/c7-10-11(8,9)6-4-2-1-3-5-6/h1-5,8-9H. The molecule has 0 aliphatic heterocycles. The summed E-state index contributed by atoms with van der Waals surface area (Å²) < 4.78 is 10.3. The first-order valence-corrected chi connectivity index (χ1v) is 6.86. The molecule has 57 valence electrons. The zero-order valence-corrected chi connectivity index (χ0v) is 7.69. The van der Waals surface area contributed by atoms with Gasteiger partial charge in [0.25, 0.3) is 0 Å². The zero-order chi connectivity index (χ0) is 8.32. The van der Waals surface area contributed by atoms with Crippen LogP contribution in [0, 0.1) is 0 Å². The quantitative estimate of drug-likeness (QED) is 0.570. The molecule has 11 heavy (non-hydrogen) atoms. The van der Waals surface area contributed by atoms with Gasteiger partial charge in [0.05, 0.1) is 0 Å². The minimum Gasteiger partial charge on any atom is -0.406 e. The molecule has 0 bridgehead atoms. The van der Waals surface area contributed by atoms with E-state index in [1.54, 1.807) is 30.3 Å². The van der Waals surface area contributed by atoms with Gasteiger partial charge in [0, 0.05) is 0 Å². The lowest BCUT2D eigenvalue weighted by molar-refractivity contribution is 0.404. The van der Waals surface area contributed by atoms with E-state index in [2.05, 4.69) is 0 Å². The third-order valence-electron chi connectivity index (χ3n) is 1.32. The molecule has 0 saturated heterocycles. The van der Waals surface area contributed by atoms with E-state index in [-0.39, 0.29) is 0 Å². The molecule has 1 radical (unpaired) electrons. The third kappa shape index (κ3) is 1.90. The van der Waals surface area contributed by atoms with E-state index in [0.29, 0.717) is 5.19 Å². The van der Waals surface area contributed by atoms with Gasteiger partial charge in [-0.15, -0.1) is 0 Å². The third-order valence-corrected chi connectivity index (χ3v) is 4.46. The Hall–Kier alpha value is -0.626. The first-order valence-electron chi connectivity index (χ1n) is 3.06. The van der Waals surface area contributed by atoms with E-state index in [4.69, 9.17) is 0 Å². The lowest BCUT2D eigenvalue weighted by Crippen LogP contribution is -2.51. The smallest absolute Gasteiger partial charge is 0.406 e. The van der Waals surface area contributed by atoms with Crippen molar-refractivity contribution in [3.05, 3.63) is 30.3 Å². The maximum absolute atomic E-state index is 10.3. The summed E-state index contributed by atoms with van der Waals surface area (Å²) in [6.45, 7) is 0. The predicted molar refractivity (Wildman–Crippen MR) is 42.7 cm³/mol. The van der Waals surface area contributed by atoms with Crippen LogP contribution in [0.15, 0.2) is 30.3 Å². The second-order valence-corrected chi connectivity index (χ2v) is 6.97. The van der Waals surface area contributed by atoms with E-state index in [0.717, 1.165) is 0 Å². The Balaban J connectivity index is 3.02. The van der Waals surface area contributed by atoms with E-state index in [9.17, 15) is 14.1 Å². The molecule has 0 amide bonds. The fraction of sp³-hybridized carbons (Fsp3) is 0. The molecule has 5 heteroatoms. The van der Waals surface area contributed by atoms with Crippen molar-refractivity contribution in [1.82, 2.24) is 0 Å². The number of rotatable bonds is 2. The van der Waals surface area contributed by atoms with Crippen LogP contribution in [-0.2, 0) is 4.46 Å². The number of benzene rings is 1. The molecule has 0 saturated carbocycles. The fourth-order valence-electron chi connectivity index (χ4n) is 0.729. The normalized spacial score (nSPS) is 11.1. The van der Waals surface area contributed by atoms with Gasteiger partial charge < -0.3 is 14.1 Å². The highest BCUT2D eigenvalue weighted by Crippen LogP contribution is 1.90. The molecule has 0 aromatic heterocycles. The summed E-state index contributed by atoms with van der Waals surface area (Å²) in [6.07, 6.45) is 0. The Bertz CT molecular complexity index is 247. The lowest BCUT2D eigenvalue weighted by atomic mass is 10.4. The molecule has 1 aromatic carbocycles. The van der Waals surface area contributed by atoms with Crippen LogP contribution < -0.4 is 5.19 Å². The van der Waals surface area contributed by atoms with Crippen molar-refractivity contribution in [3.63, 3.8) is 0 Å². The first-order chi connectivity index (χ1) is 5.17. The Morgan fingerprint density at radius 2 is 1.73 bits per heavy atom. The van der Waals surface area contributed by atoms with Gasteiger partial charge in [0.1, 0.15) is 0 Å². The molecule has 1 rings (SSSR count). The van der Waals surface area contributed by atoms with Gasteiger partial charge in [0.15, 0.2) is 0 Å². The Morgan fingerprint density at radius 3 is 2.18 bits per heavy atom. The van der Waals surface area contributed by atoms with Crippen LogP contribution in [-0.4, -0.2) is 26.6 Å². The summed E-state index contributed by atoms with van der Waals surface area (Å²) in [4.78, 5) is 18.4. The van der Waals surface area contributed by atoms with Crippen LogP contribution in [0.2, 0.25) is 0 Å². The predicted octanol–water partition coefficient (Wildman–Crippen LogP) is -1.13. The largest absolute Gasteiger partial charge is 0.416 e. The van der Waals surface area contributed by atoms with Crippen molar-refractivity contribution in [1.29, 1.82) is 0 Å². The average molecular weight is 183 g/mol. The highest BCUT2D eigenvalue weighted by Gasteiger charge is 2.32. The van der Waals surface area contributed by atoms with Crippen molar-refractivity contribution >= 4 is 22.2 Å². The van der Waals surface area contributed by atoms with Crippen LogP contribution in [0.3, 0.4) is 0 Å². The van der Waals surface area contributed by atoms with Crippen LogP contribution in [0.4, 0.5) is 0 Å². The molecular formula is C6H7O3Si2. The van der Waals surface area contributed by atoms with E-state index in [1.165, 1.54) is 0 Å². The van der Waals surface area contributed by atoms with Crippen molar-refractivity contribution in [2.45, 2.75) is 0 Å². The Kier molecular flexibility index (Phi) is 2.45. The molecule has 1 aromatic rings. The Labute approximate surface area is 67.2 Å². The van der Waals surface area contributed by atoms with Gasteiger partial charge >= 0.3 is 17.0 Å². The molecule has 0 spiro atoms. The van der Waals surface area contributed by atoms with Crippen molar-refractivity contribution in [2.24, 2.45) is 0 Å². The zero-order valence-electron chi connectivity index (χ0n) is 5.69. The molecular weight excluding hydrogens is 176 g/mol. The lowest BCUT2D eigenvalue weighted by Gasteiger charge is -2.08. The summed E-state index contributed by atoms with van der Waals surface area (Å²) in [5.74, 6) is 0. The van der Waals surface area contributed by atoms with Gasteiger partial charge in [-0.3, -0.25) is 0 Å². The minimum atomic E-state index is -3.58. The van der Waals surface area contributed by atoms with Gasteiger partial charge in [0.2, 0.25) is 0 Å². The van der Waals surface area contributed by atoms with Crippen LogP contribution in [0.1, 0.15) is 0 Å². The molecule has 0 heterocycles. The molecule has 0 aliphatic rings. The van der Waals surface area contributed by atoms with Crippen LogP contribution in [0.5, 0.6) is 0 Å². The van der Waals surface area contributed by atoms with Gasteiger partial charge in [-0.2, -0.15) is 0 Å². The summed E-state index contributed by atoms with van der Waals surface area (Å²) in [7, 11) is -4.62. The summed E-state index contributed by atoms with van der Waals surface area (Å²) >= 11 is 0. The van der Waals surface area contributed by atoms with Gasteiger partial charge in [-0.05, 0) is 5.19 Å². The molecule has 0 atom stereocenters.